The molecule has 1 N–H and O–H groups in total. The lowest BCUT2D eigenvalue weighted by atomic mass is 9.86. The Kier molecular flexibility index (Phi) is 4.95. The van der Waals surface area contributed by atoms with E-state index in [1.54, 1.807) is 12.1 Å². The van der Waals surface area contributed by atoms with Gasteiger partial charge in [-0.05, 0) is 74.1 Å². The summed E-state index contributed by atoms with van der Waals surface area (Å²) in [6.45, 7) is 3.78. The number of sulfonamides is 1. The number of anilines is 1. The number of rotatable bonds is 5. The lowest BCUT2D eigenvalue weighted by Gasteiger charge is -2.21. The molecule has 3 atom stereocenters. The molecule has 5 nitrogen and oxygen atoms in total. The highest BCUT2D eigenvalue weighted by Crippen LogP contribution is 2.49. The Labute approximate surface area is 150 Å². The number of amides is 1. The summed E-state index contributed by atoms with van der Waals surface area (Å²) in [5.74, 6) is 2.02. The van der Waals surface area contributed by atoms with Gasteiger partial charge in [-0.3, -0.25) is 4.79 Å². The molecule has 0 aliphatic heterocycles. The van der Waals surface area contributed by atoms with Crippen LogP contribution < -0.4 is 5.32 Å². The summed E-state index contributed by atoms with van der Waals surface area (Å²) in [6.07, 6.45) is 5.59. The fourth-order valence-corrected chi connectivity index (χ4v) is 5.40. The Morgan fingerprint density at radius 3 is 2.48 bits per heavy atom. The average molecular weight is 365 g/mol. The predicted octanol–water partition coefficient (Wildman–Crippen LogP) is 3.32. The van der Waals surface area contributed by atoms with Crippen molar-refractivity contribution in [1.29, 1.82) is 0 Å². The molecule has 2 aliphatic rings. The second-order valence-electron chi connectivity index (χ2n) is 7.89. The fraction of sp³-hybridized carbons (Fsp3) is 0.632. The van der Waals surface area contributed by atoms with E-state index in [4.69, 9.17) is 0 Å². The van der Waals surface area contributed by atoms with Crippen molar-refractivity contribution in [3.63, 3.8) is 0 Å². The van der Waals surface area contributed by atoms with E-state index in [9.17, 15) is 13.2 Å². The average Bonchev–Trinajstić information content (AvgIpc) is 3.13. The minimum Gasteiger partial charge on any atom is -0.326 e. The minimum atomic E-state index is -3.52. The Hall–Kier alpha value is -1.40. The first kappa shape index (κ1) is 18.4. The van der Waals surface area contributed by atoms with Crippen molar-refractivity contribution < 1.29 is 13.2 Å². The molecule has 3 rings (SSSR count). The number of carbonyl (C=O) groups excluding carboxylic acids is 1. The number of nitrogens with one attached hydrogen (secondary N) is 1. The van der Waals surface area contributed by atoms with E-state index in [1.165, 1.54) is 44.1 Å². The number of nitrogens with zero attached hydrogens (tertiary/aromatic N) is 1. The van der Waals surface area contributed by atoms with E-state index in [0.717, 1.165) is 17.0 Å². The molecular weight excluding hydrogens is 336 g/mol. The first-order valence-electron chi connectivity index (χ1n) is 9.02. The second-order valence-corrected chi connectivity index (χ2v) is 10.0. The van der Waals surface area contributed by atoms with Crippen molar-refractivity contribution in [2.45, 2.75) is 50.8 Å². The third-order valence-corrected chi connectivity index (χ3v) is 7.82. The van der Waals surface area contributed by atoms with Crippen LogP contribution in [0.15, 0.2) is 17.0 Å². The van der Waals surface area contributed by atoms with Crippen molar-refractivity contribution in [2.24, 2.45) is 17.8 Å². The van der Waals surface area contributed by atoms with Crippen molar-refractivity contribution in [3.05, 3.63) is 23.3 Å². The summed E-state index contributed by atoms with van der Waals surface area (Å²) in [7, 11) is -0.498. The lowest BCUT2D eigenvalue weighted by Crippen LogP contribution is -2.23. The topological polar surface area (TPSA) is 66.5 Å². The van der Waals surface area contributed by atoms with Gasteiger partial charge in [0.05, 0.1) is 4.90 Å². The highest BCUT2D eigenvalue weighted by molar-refractivity contribution is 7.89. The summed E-state index contributed by atoms with van der Waals surface area (Å²) in [6, 6.07) is 3.24. The molecule has 2 saturated carbocycles. The third-order valence-electron chi connectivity index (χ3n) is 6.03. The van der Waals surface area contributed by atoms with Gasteiger partial charge in [0.2, 0.25) is 15.9 Å². The Bertz CT molecular complexity index is 786. The zero-order valence-corrected chi connectivity index (χ0v) is 16.3. The molecule has 138 valence electrons. The summed E-state index contributed by atoms with van der Waals surface area (Å²) >= 11 is 0. The van der Waals surface area contributed by atoms with Gasteiger partial charge < -0.3 is 5.32 Å². The molecule has 1 amide bonds. The molecule has 3 unspecified atom stereocenters. The molecule has 0 radical (unpaired) electrons. The zero-order valence-electron chi connectivity index (χ0n) is 15.5. The van der Waals surface area contributed by atoms with Crippen LogP contribution in [-0.4, -0.2) is 32.7 Å². The van der Waals surface area contributed by atoms with Crippen molar-refractivity contribution >= 4 is 21.6 Å². The normalized spacial score (nSPS) is 25.6. The van der Waals surface area contributed by atoms with Gasteiger partial charge in [-0.2, -0.15) is 0 Å². The Morgan fingerprint density at radius 1 is 1.20 bits per heavy atom. The van der Waals surface area contributed by atoms with Gasteiger partial charge >= 0.3 is 0 Å². The lowest BCUT2D eigenvalue weighted by molar-refractivity contribution is -0.117. The molecule has 0 aromatic heterocycles. The SMILES string of the molecule is Cc1cc(S(=O)(=O)N(C)C)cc(NC(=O)CC2CC3CCC2C3)c1C. The molecule has 1 aromatic rings. The van der Waals surface area contributed by atoms with Crippen LogP contribution in [0.1, 0.15) is 43.2 Å². The molecule has 2 bridgehead atoms. The maximum atomic E-state index is 12.5. The monoisotopic (exact) mass is 364 g/mol. The molecule has 1 aromatic carbocycles. The number of aryl methyl sites for hydroxylation is 1. The van der Waals surface area contributed by atoms with Crippen molar-refractivity contribution in [1.82, 2.24) is 4.31 Å². The van der Waals surface area contributed by atoms with Gasteiger partial charge in [0.1, 0.15) is 0 Å². The zero-order chi connectivity index (χ0) is 18.4. The fourth-order valence-electron chi connectivity index (χ4n) is 4.38. The van der Waals surface area contributed by atoms with Gasteiger partial charge in [0, 0.05) is 26.2 Å². The molecule has 6 heteroatoms. The molecule has 2 aliphatic carbocycles. The highest BCUT2D eigenvalue weighted by atomic mass is 32.2. The van der Waals surface area contributed by atoms with Crippen LogP contribution in [0, 0.1) is 31.6 Å². The predicted molar refractivity (Wildman–Crippen MR) is 99.0 cm³/mol. The van der Waals surface area contributed by atoms with Crippen LogP contribution in [0.25, 0.3) is 0 Å². The molecule has 0 spiro atoms. The first-order chi connectivity index (χ1) is 11.7. The quantitative estimate of drug-likeness (QED) is 0.871. The molecular formula is C19H28N2O3S. The van der Waals surface area contributed by atoms with E-state index in [0.29, 0.717) is 23.9 Å². The molecule has 0 saturated heterocycles. The Balaban J connectivity index is 1.77. The second kappa shape index (κ2) is 6.72. The van der Waals surface area contributed by atoms with Crippen molar-refractivity contribution in [2.75, 3.05) is 19.4 Å². The van der Waals surface area contributed by atoms with E-state index < -0.39 is 10.0 Å². The molecule has 25 heavy (non-hydrogen) atoms. The maximum Gasteiger partial charge on any atom is 0.242 e. The number of hydrogen-bond acceptors (Lipinski definition) is 3. The number of benzene rings is 1. The summed E-state index contributed by atoms with van der Waals surface area (Å²) in [5.41, 5.74) is 2.38. The van der Waals surface area contributed by atoms with E-state index in [1.807, 2.05) is 13.8 Å². The van der Waals surface area contributed by atoms with Crippen LogP contribution in [0.5, 0.6) is 0 Å². The van der Waals surface area contributed by atoms with Gasteiger partial charge in [0.25, 0.3) is 0 Å². The van der Waals surface area contributed by atoms with Crippen molar-refractivity contribution in [3.8, 4) is 0 Å². The summed E-state index contributed by atoms with van der Waals surface area (Å²) in [4.78, 5) is 12.8. The highest BCUT2D eigenvalue weighted by Gasteiger charge is 2.40. The largest absolute Gasteiger partial charge is 0.326 e. The number of hydrogen-bond donors (Lipinski definition) is 1. The smallest absolute Gasteiger partial charge is 0.242 e. The minimum absolute atomic E-state index is 0.000508. The van der Waals surface area contributed by atoms with E-state index >= 15 is 0 Å². The molecule has 2 fully saturated rings. The van der Waals surface area contributed by atoms with Gasteiger partial charge in [0.15, 0.2) is 0 Å². The summed E-state index contributed by atoms with van der Waals surface area (Å²) < 4.78 is 26.0. The van der Waals surface area contributed by atoms with Gasteiger partial charge in [-0.25, -0.2) is 12.7 Å². The van der Waals surface area contributed by atoms with Crippen LogP contribution in [0.2, 0.25) is 0 Å². The standard InChI is InChI=1S/C19H28N2O3S/c1-12-7-17(25(23,24)21(3)4)11-18(13(12)2)20-19(22)10-16-9-14-5-6-15(16)8-14/h7,11,14-16H,5-6,8-10H2,1-4H3,(H,20,22). The van der Waals surface area contributed by atoms with Crippen LogP contribution in [0.4, 0.5) is 5.69 Å². The maximum absolute atomic E-state index is 12.5. The summed E-state index contributed by atoms with van der Waals surface area (Å²) in [5, 5.41) is 2.97. The van der Waals surface area contributed by atoms with E-state index in [2.05, 4.69) is 5.32 Å². The van der Waals surface area contributed by atoms with Crippen LogP contribution in [0.3, 0.4) is 0 Å². The number of carbonyl (C=O) groups is 1. The molecule has 0 heterocycles. The van der Waals surface area contributed by atoms with Gasteiger partial charge in [-0.1, -0.05) is 6.42 Å². The number of fused-ring (bicyclic) bond motifs is 2. The van der Waals surface area contributed by atoms with Crippen LogP contribution >= 0.6 is 0 Å². The van der Waals surface area contributed by atoms with Gasteiger partial charge in [-0.15, -0.1) is 0 Å². The van der Waals surface area contributed by atoms with E-state index in [-0.39, 0.29) is 10.8 Å². The first-order valence-corrected chi connectivity index (χ1v) is 10.5. The van der Waals surface area contributed by atoms with Crippen LogP contribution in [-0.2, 0) is 14.8 Å². The third kappa shape index (κ3) is 3.60. The Morgan fingerprint density at radius 2 is 1.92 bits per heavy atom.